The molecule has 0 spiro atoms. The van der Waals surface area contributed by atoms with Gasteiger partial charge in [0.15, 0.2) is 0 Å². The second-order valence-corrected chi connectivity index (χ2v) is 8.45. The minimum atomic E-state index is -1.39. The molecule has 3 rings (SSSR count). The van der Waals surface area contributed by atoms with Crippen LogP contribution in [0.15, 0.2) is 29.4 Å². The topological polar surface area (TPSA) is 126 Å². The van der Waals surface area contributed by atoms with Crippen molar-refractivity contribution < 1.29 is 33.9 Å². The SMILES string of the molecule is CON=Cc1ccccc1N(C(C)=O)C1C(=O)N2CC(COC(C)=O)(C(=O)O)CS[C@H]12. The first-order chi connectivity index (χ1) is 14.7. The monoisotopic (exact) mass is 449 g/mol. The summed E-state index contributed by atoms with van der Waals surface area (Å²) in [5, 5.41) is 13.1. The van der Waals surface area contributed by atoms with E-state index < -0.39 is 28.8 Å². The van der Waals surface area contributed by atoms with Crippen LogP contribution in [0, 0.1) is 5.41 Å². The molecule has 2 aliphatic rings. The Labute approximate surface area is 183 Å². The maximum absolute atomic E-state index is 13.0. The quantitative estimate of drug-likeness (QED) is 0.282. The van der Waals surface area contributed by atoms with Crippen LogP contribution in [0.2, 0.25) is 0 Å². The summed E-state index contributed by atoms with van der Waals surface area (Å²) < 4.78 is 4.96. The summed E-state index contributed by atoms with van der Waals surface area (Å²) in [6.07, 6.45) is 1.45. The molecular formula is C20H23N3O7S. The highest BCUT2D eigenvalue weighted by Crippen LogP contribution is 2.45. The van der Waals surface area contributed by atoms with Crippen LogP contribution in [0.4, 0.5) is 5.69 Å². The van der Waals surface area contributed by atoms with E-state index in [0.29, 0.717) is 11.3 Å². The number of oxime groups is 1. The van der Waals surface area contributed by atoms with E-state index in [-0.39, 0.29) is 30.7 Å². The molecule has 2 fully saturated rings. The maximum atomic E-state index is 13.0. The molecule has 1 N–H and O–H groups in total. The van der Waals surface area contributed by atoms with Gasteiger partial charge in [-0.3, -0.25) is 24.1 Å². The molecular weight excluding hydrogens is 426 g/mol. The summed E-state index contributed by atoms with van der Waals surface area (Å²) in [6, 6.07) is 6.21. The van der Waals surface area contributed by atoms with E-state index >= 15 is 0 Å². The number of carboxylic acids is 1. The lowest BCUT2D eigenvalue weighted by Crippen LogP contribution is -2.75. The van der Waals surface area contributed by atoms with Crippen LogP contribution >= 0.6 is 11.8 Å². The van der Waals surface area contributed by atoms with Gasteiger partial charge in [0.25, 0.3) is 0 Å². The number of esters is 1. The first kappa shape index (κ1) is 22.6. The van der Waals surface area contributed by atoms with E-state index in [2.05, 4.69) is 5.16 Å². The molecule has 11 heteroatoms. The Bertz CT molecular complexity index is 937. The van der Waals surface area contributed by atoms with Crippen molar-refractivity contribution in [2.45, 2.75) is 25.3 Å². The summed E-state index contributed by atoms with van der Waals surface area (Å²) in [7, 11) is 1.40. The number of aliphatic carboxylic acids is 1. The van der Waals surface area contributed by atoms with Gasteiger partial charge in [0.05, 0.1) is 11.9 Å². The van der Waals surface area contributed by atoms with Gasteiger partial charge in [-0.05, 0) is 6.07 Å². The Morgan fingerprint density at radius 1 is 1.35 bits per heavy atom. The van der Waals surface area contributed by atoms with Gasteiger partial charge in [-0.15, -0.1) is 11.8 Å². The van der Waals surface area contributed by atoms with Crippen molar-refractivity contribution >= 4 is 47.4 Å². The fourth-order valence-corrected chi connectivity index (χ4v) is 5.23. The third kappa shape index (κ3) is 4.22. The van der Waals surface area contributed by atoms with Gasteiger partial charge in [-0.2, -0.15) is 0 Å². The number of anilines is 1. The Morgan fingerprint density at radius 3 is 2.68 bits per heavy atom. The van der Waals surface area contributed by atoms with Crippen molar-refractivity contribution in [1.82, 2.24) is 4.90 Å². The van der Waals surface area contributed by atoms with Crippen LogP contribution in [0.3, 0.4) is 0 Å². The van der Waals surface area contributed by atoms with Gasteiger partial charge in [0.2, 0.25) is 11.8 Å². The molecule has 1 aromatic carbocycles. The lowest BCUT2D eigenvalue weighted by atomic mass is 9.87. The highest BCUT2D eigenvalue weighted by Gasteiger charge is 2.60. The number of hydrogen-bond acceptors (Lipinski definition) is 8. The number of hydrogen-bond donors (Lipinski definition) is 1. The number of benzene rings is 1. The van der Waals surface area contributed by atoms with Gasteiger partial charge in [-0.1, -0.05) is 23.4 Å². The van der Waals surface area contributed by atoms with Gasteiger partial charge in [0.1, 0.15) is 30.5 Å². The predicted molar refractivity (Wildman–Crippen MR) is 113 cm³/mol. The van der Waals surface area contributed by atoms with Crippen LogP contribution in [-0.2, 0) is 28.8 Å². The van der Waals surface area contributed by atoms with Crippen molar-refractivity contribution in [2.75, 3.05) is 30.9 Å². The Morgan fingerprint density at radius 2 is 2.06 bits per heavy atom. The van der Waals surface area contributed by atoms with Gasteiger partial charge < -0.3 is 19.6 Å². The molecule has 0 aliphatic carbocycles. The second kappa shape index (κ2) is 8.96. The fourth-order valence-electron chi connectivity index (χ4n) is 3.67. The average molecular weight is 449 g/mol. The standard InChI is InChI=1S/C20H23N3O7S/c1-12(24)23(15-7-5-4-6-14(15)8-21-29-3)16-17(26)22-9-20(19(27)28,10-30-13(2)25)11-31-18(16)22/h4-8,16,18H,9-11H2,1-3H3,(H,27,28)/t16?,18-,20?/m1/s1. The zero-order valence-electron chi connectivity index (χ0n) is 17.3. The Kier molecular flexibility index (Phi) is 6.54. The van der Waals surface area contributed by atoms with E-state index in [4.69, 9.17) is 9.57 Å². The normalized spacial score (nSPS) is 24.9. The van der Waals surface area contributed by atoms with E-state index in [1.807, 2.05) is 0 Å². The summed E-state index contributed by atoms with van der Waals surface area (Å²) in [5.74, 6) is -2.27. The molecule has 0 saturated carbocycles. The van der Waals surface area contributed by atoms with Crippen molar-refractivity contribution in [3.05, 3.63) is 29.8 Å². The maximum Gasteiger partial charge on any atom is 0.315 e. The number of fused-ring (bicyclic) bond motifs is 1. The molecule has 31 heavy (non-hydrogen) atoms. The molecule has 0 aromatic heterocycles. The average Bonchev–Trinajstić information content (AvgIpc) is 2.74. The molecule has 2 amide bonds. The number of nitrogens with zero attached hydrogens (tertiary/aromatic N) is 3. The minimum absolute atomic E-state index is 0.0961. The van der Waals surface area contributed by atoms with E-state index in [0.717, 1.165) is 0 Å². The van der Waals surface area contributed by atoms with E-state index in [9.17, 15) is 24.3 Å². The molecule has 1 aromatic rings. The summed E-state index contributed by atoms with van der Waals surface area (Å²) in [6.45, 7) is 2.16. The molecule has 2 unspecified atom stereocenters. The molecule has 166 valence electrons. The van der Waals surface area contributed by atoms with Crippen molar-refractivity contribution in [3.63, 3.8) is 0 Å². The summed E-state index contributed by atoms with van der Waals surface area (Å²) >= 11 is 1.26. The van der Waals surface area contributed by atoms with Crippen LogP contribution in [-0.4, -0.2) is 77.4 Å². The first-order valence-electron chi connectivity index (χ1n) is 9.46. The molecule has 2 aliphatic heterocycles. The van der Waals surface area contributed by atoms with Crippen LogP contribution in [0.5, 0.6) is 0 Å². The van der Waals surface area contributed by atoms with Gasteiger partial charge in [0, 0.05) is 31.7 Å². The second-order valence-electron chi connectivity index (χ2n) is 7.34. The number of carboxylic acid groups (broad SMARTS) is 1. The molecule has 2 saturated heterocycles. The van der Waals surface area contributed by atoms with Crippen molar-refractivity contribution in [1.29, 1.82) is 0 Å². The number of para-hydroxylation sites is 1. The van der Waals surface area contributed by atoms with E-state index in [1.165, 1.54) is 48.7 Å². The highest BCUT2D eigenvalue weighted by atomic mass is 32.2. The lowest BCUT2D eigenvalue weighted by Gasteiger charge is -2.56. The molecule has 2 heterocycles. The van der Waals surface area contributed by atoms with Crippen LogP contribution in [0.1, 0.15) is 19.4 Å². The zero-order chi connectivity index (χ0) is 22.8. The third-order valence-electron chi connectivity index (χ3n) is 5.23. The molecule has 0 radical (unpaired) electrons. The molecule has 0 bridgehead atoms. The van der Waals surface area contributed by atoms with Crippen LogP contribution in [0.25, 0.3) is 0 Å². The first-order valence-corrected chi connectivity index (χ1v) is 10.5. The lowest BCUT2D eigenvalue weighted by molar-refractivity contribution is -0.163. The van der Waals surface area contributed by atoms with Crippen molar-refractivity contribution in [3.8, 4) is 0 Å². The van der Waals surface area contributed by atoms with Crippen LogP contribution < -0.4 is 4.90 Å². The number of carbonyl (C=O) groups is 4. The fraction of sp³-hybridized carbons (Fsp3) is 0.450. The van der Waals surface area contributed by atoms with E-state index in [1.54, 1.807) is 24.3 Å². The van der Waals surface area contributed by atoms with Gasteiger partial charge >= 0.3 is 11.9 Å². The Hall–Kier alpha value is -3.08. The molecule has 10 nitrogen and oxygen atoms in total. The molecule has 3 atom stereocenters. The third-order valence-corrected chi connectivity index (χ3v) is 6.81. The minimum Gasteiger partial charge on any atom is -0.481 e. The number of β-lactam (4-membered cyclic amide) rings is 1. The van der Waals surface area contributed by atoms with Gasteiger partial charge in [-0.25, -0.2) is 0 Å². The number of thioether (sulfide) groups is 1. The Balaban J connectivity index is 1.87. The summed E-state index contributed by atoms with van der Waals surface area (Å²) in [4.78, 5) is 56.3. The zero-order valence-corrected chi connectivity index (χ0v) is 18.1. The smallest absolute Gasteiger partial charge is 0.315 e. The number of amides is 2. The largest absolute Gasteiger partial charge is 0.481 e. The van der Waals surface area contributed by atoms with Crippen molar-refractivity contribution in [2.24, 2.45) is 10.6 Å². The highest BCUT2D eigenvalue weighted by molar-refractivity contribution is 8.00. The summed E-state index contributed by atoms with van der Waals surface area (Å²) in [5.41, 5.74) is -0.289. The number of carbonyl (C=O) groups excluding carboxylic acids is 3. The number of ether oxygens (including phenoxy) is 1. The predicted octanol–water partition coefficient (Wildman–Crippen LogP) is 0.938. The number of rotatable bonds is 7.